The molecule has 33 heavy (non-hydrogen) atoms. The van der Waals surface area contributed by atoms with Crippen molar-refractivity contribution in [2.24, 2.45) is 5.73 Å². The molecule has 170 valence electrons. The quantitative estimate of drug-likeness (QED) is 0.389. The third kappa shape index (κ3) is 4.21. The van der Waals surface area contributed by atoms with Crippen molar-refractivity contribution in [2.75, 3.05) is 6.61 Å². The van der Waals surface area contributed by atoms with E-state index in [9.17, 15) is 19.7 Å². The van der Waals surface area contributed by atoms with Crippen LogP contribution in [0.2, 0.25) is 5.02 Å². The van der Waals surface area contributed by atoms with Crippen molar-refractivity contribution >= 4 is 29.0 Å². The summed E-state index contributed by atoms with van der Waals surface area (Å²) in [5.41, 5.74) is 7.26. The van der Waals surface area contributed by atoms with Crippen LogP contribution in [0.5, 0.6) is 0 Å². The molecule has 0 radical (unpaired) electrons. The van der Waals surface area contributed by atoms with Crippen molar-refractivity contribution in [3.05, 3.63) is 97.6 Å². The maximum Gasteiger partial charge on any atom is 0.340 e. The van der Waals surface area contributed by atoms with Crippen molar-refractivity contribution in [3.63, 3.8) is 0 Å². The number of non-ortho nitro benzene ring substituents is 1. The first-order chi connectivity index (χ1) is 15.8. The zero-order valence-electron chi connectivity index (χ0n) is 17.7. The molecule has 0 saturated heterocycles. The molecule has 0 unspecified atom stereocenters. The standard InChI is InChI=1S/C24H21ClN2O6/c1-2-32-24(29)22-20(16-12-15(27(30)31)8-9-17(16)25)21-18(28)10-14(11-19(21)33-23(22)26)13-6-4-3-5-7-13/h3-9,12,14,20H,2,10-11,26H2,1H3/t14-,20-/m0/s1. The molecule has 2 N–H and O–H groups in total. The number of nitro groups is 1. The maximum atomic E-state index is 13.4. The van der Waals surface area contributed by atoms with E-state index < -0.39 is 16.8 Å². The second kappa shape index (κ2) is 9.07. The number of halogens is 1. The van der Waals surface area contributed by atoms with Crippen LogP contribution in [0.3, 0.4) is 0 Å². The van der Waals surface area contributed by atoms with Crippen LogP contribution < -0.4 is 5.73 Å². The molecule has 2 aromatic rings. The molecule has 0 aromatic heterocycles. The van der Waals surface area contributed by atoms with Gasteiger partial charge in [-0.2, -0.15) is 0 Å². The molecule has 0 fully saturated rings. The summed E-state index contributed by atoms with van der Waals surface area (Å²) >= 11 is 6.42. The molecule has 2 aromatic carbocycles. The minimum Gasteiger partial charge on any atom is -0.462 e. The smallest absolute Gasteiger partial charge is 0.340 e. The number of nitro benzene ring substituents is 1. The number of rotatable bonds is 5. The van der Waals surface area contributed by atoms with Gasteiger partial charge in [0.05, 0.1) is 17.4 Å². The van der Waals surface area contributed by atoms with Crippen LogP contribution in [0, 0.1) is 10.1 Å². The summed E-state index contributed by atoms with van der Waals surface area (Å²) in [5, 5.41) is 11.6. The van der Waals surface area contributed by atoms with E-state index in [1.807, 2.05) is 30.3 Å². The zero-order valence-corrected chi connectivity index (χ0v) is 18.5. The first-order valence-corrected chi connectivity index (χ1v) is 10.8. The lowest BCUT2D eigenvalue weighted by Gasteiger charge is -2.35. The van der Waals surface area contributed by atoms with Gasteiger partial charge in [0, 0.05) is 35.6 Å². The van der Waals surface area contributed by atoms with Gasteiger partial charge in [0.25, 0.3) is 5.69 Å². The highest BCUT2D eigenvalue weighted by molar-refractivity contribution is 6.31. The second-order valence-corrected chi connectivity index (χ2v) is 8.18. The fourth-order valence-electron chi connectivity index (χ4n) is 4.35. The number of carbonyl (C=O) groups is 2. The molecule has 1 heterocycles. The van der Waals surface area contributed by atoms with E-state index in [2.05, 4.69) is 0 Å². The van der Waals surface area contributed by atoms with Crippen molar-refractivity contribution in [1.29, 1.82) is 0 Å². The Morgan fingerprint density at radius 3 is 2.64 bits per heavy atom. The fourth-order valence-corrected chi connectivity index (χ4v) is 4.58. The Morgan fingerprint density at radius 2 is 1.97 bits per heavy atom. The Balaban J connectivity index is 1.87. The normalized spacial score (nSPS) is 20.2. The number of nitrogens with zero attached hydrogens (tertiary/aromatic N) is 1. The van der Waals surface area contributed by atoms with Gasteiger partial charge in [-0.25, -0.2) is 4.79 Å². The molecule has 0 spiro atoms. The number of benzene rings is 2. The van der Waals surface area contributed by atoms with Gasteiger partial charge < -0.3 is 15.2 Å². The largest absolute Gasteiger partial charge is 0.462 e. The molecule has 1 aliphatic heterocycles. The first-order valence-electron chi connectivity index (χ1n) is 10.4. The van der Waals surface area contributed by atoms with Crippen molar-refractivity contribution in [2.45, 2.75) is 31.6 Å². The van der Waals surface area contributed by atoms with Gasteiger partial charge in [0.2, 0.25) is 5.88 Å². The van der Waals surface area contributed by atoms with E-state index in [1.165, 1.54) is 18.2 Å². The Morgan fingerprint density at radius 1 is 1.24 bits per heavy atom. The summed E-state index contributed by atoms with van der Waals surface area (Å²) in [6.07, 6.45) is 0.566. The van der Waals surface area contributed by atoms with Gasteiger partial charge in [-0.3, -0.25) is 14.9 Å². The van der Waals surface area contributed by atoms with E-state index in [0.717, 1.165) is 5.56 Å². The SMILES string of the molecule is CCOC(=O)C1=C(N)OC2=C(C(=O)C[C@H](c3ccccc3)C2)[C@@H]1c1cc([N+](=O)[O-])ccc1Cl. The predicted molar refractivity (Wildman–Crippen MR) is 120 cm³/mol. The van der Waals surface area contributed by atoms with Gasteiger partial charge in [-0.1, -0.05) is 41.9 Å². The molecule has 2 atom stereocenters. The number of ketones is 1. The van der Waals surface area contributed by atoms with Crippen LogP contribution in [0.15, 0.2) is 71.3 Å². The molecule has 8 nitrogen and oxygen atoms in total. The van der Waals surface area contributed by atoms with E-state index in [0.29, 0.717) is 12.2 Å². The summed E-state index contributed by atoms with van der Waals surface area (Å²) < 4.78 is 11.0. The Labute approximate surface area is 194 Å². The highest BCUT2D eigenvalue weighted by Gasteiger charge is 2.44. The molecule has 0 bridgehead atoms. The number of Topliss-reactive ketones (excluding diaryl/α,β-unsaturated/α-hetero) is 1. The van der Waals surface area contributed by atoms with Gasteiger partial charge in [0.1, 0.15) is 11.3 Å². The van der Waals surface area contributed by atoms with E-state index >= 15 is 0 Å². The van der Waals surface area contributed by atoms with Gasteiger partial charge >= 0.3 is 5.97 Å². The number of nitrogens with two attached hydrogens (primary N) is 1. The van der Waals surface area contributed by atoms with Gasteiger partial charge in [-0.05, 0) is 30.0 Å². The van der Waals surface area contributed by atoms with Gasteiger partial charge in [-0.15, -0.1) is 0 Å². The first kappa shape index (κ1) is 22.5. The number of allylic oxidation sites excluding steroid dienone is 2. The fraction of sp³-hybridized carbons (Fsp3) is 0.250. The predicted octanol–water partition coefficient (Wildman–Crippen LogP) is 4.50. The molecular weight excluding hydrogens is 448 g/mol. The van der Waals surface area contributed by atoms with Crippen molar-refractivity contribution in [3.8, 4) is 0 Å². The highest BCUT2D eigenvalue weighted by atomic mass is 35.5. The van der Waals surface area contributed by atoms with Crippen LogP contribution >= 0.6 is 11.6 Å². The minimum atomic E-state index is -1.04. The summed E-state index contributed by atoms with van der Waals surface area (Å²) in [5.74, 6) is -2.06. The maximum absolute atomic E-state index is 13.4. The van der Waals surface area contributed by atoms with Crippen LogP contribution in [0.4, 0.5) is 5.69 Å². The van der Waals surface area contributed by atoms with E-state index in [-0.39, 0.29) is 58.0 Å². The molecular formula is C24H21ClN2O6. The van der Waals surface area contributed by atoms with E-state index in [4.69, 9.17) is 26.8 Å². The molecule has 2 aliphatic rings. The molecule has 9 heteroatoms. The Bertz CT molecular complexity index is 1200. The van der Waals surface area contributed by atoms with Crippen LogP contribution in [-0.2, 0) is 19.1 Å². The summed E-state index contributed by atoms with van der Waals surface area (Å²) in [4.78, 5) is 37.1. The molecule has 0 saturated carbocycles. The Hall–Kier alpha value is -3.65. The lowest BCUT2D eigenvalue weighted by molar-refractivity contribution is -0.384. The Kier molecular flexibility index (Phi) is 6.20. The highest BCUT2D eigenvalue weighted by Crippen LogP contribution is 2.49. The topological polar surface area (TPSA) is 122 Å². The molecule has 1 aliphatic carbocycles. The monoisotopic (exact) mass is 468 g/mol. The summed E-state index contributed by atoms with van der Waals surface area (Å²) in [7, 11) is 0. The summed E-state index contributed by atoms with van der Waals surface area (Å²) in [6, 6.07) is 13.4. The third-order valence-corrected chi connectivity index (χ3v) is 6.15. The van der Waals surface area contributed by atoms with Crippen LogP contribution in [0.25, 0.3) is 0 Å². The lowest BCUT2D eigenvalue weighted by atomic mass is 9.73. The van der Waals surface area contributed by atoms with Gasteiger partial charge in [0.15, 0.2) is 5.78 Å². The molecule has 0 amide bonds. The van der Waals surface area contributed by atoms with Crippen LogP contribution in [0.1, 0.15) is 42.7 Å². The number of esters is 1. The number of ether oxygens (including phenoxy) is 2. The minimum absolute atomic E-state index is 0.0704. The number of hydrogen-bond acceptors (Lipinski definition) is 7. The number of carbonyl (C=O) groups excluding carboxylic acids is 2. The molecule has 4 rings (SSSR count). The second-order valence-electron chi connectivity index (χ2n) is 7.77. The van der Waals surface area contributed by atoms with Crippen molar-refractivity contribution < 1.29 is 24.0 Å². The van der Waals surface area contributed by atoms with Crippen LogP contribution in [-0.4, -0.2) is 23.3 Å². The van der Waals surface area contributed by atoms with E-state index in [1.54, 1.807) is 6.92 Å². The third-order valence-electron chi connectivity index (χ3n) is 5.81. The average molecular weight is 469 g/mol. The van der Waals surface area contributed by atoms with Crippen molar-refractivity contribution in [1.82, 2.24) is 0 Å². The zero-order chi connectivity index (χ0) is 23.7. The summed E-state index contributed by atoms with van der Waals surface area (Å²) in [6.45, 7) is 1.70. The lowest BCUT2D eigenvalue weighted by Crippen LogP contribution is -2.33. The average Bonchev–Trinajstić information content (AvgIpc) is 2.79. The number of hydrogen-bond donors (Lipinski definition) is 1.